The molecule has 90 valence electrons. The van der Waals surface area contributed by atoms with E-state index in [1.807, 2.05) is 4.68 Å². The van der Waals surface area contributed by atoms with E-state index in [2.05, 4.69) is 28.8 Å². The topological polar surface area (TPSA) is 60.0 Å². The molecule has 2 heterocycles. The Bertz CT molecular complexity index is 325. The quantitative estimate of drug-likeness (QED) is 0.806. The lowest BCUT2D eigenvalue weighted by molar-refractivity contribution is 0.302. The molecular formula is C11H21N5. The summed E-state index contributed by atoms with van der Waals surface area (Å²) in [5.41, 5.74) is 6.01. The molecule has 16 heavy (non-hydrogen) atoms. The lowest BCUT2D eigenvalue weighted by atomic mass is 10.1. The molecule has 1 saturated heterocycles. The van der Waals surface area contributed by atoms with Gasteiger partial charge in [0.05, 0.1) is 6.54 Å². The molecule has 2 unspecified atom stereocenters. The molecule has 0 saturated carbocycles. The summed E-state index contributed by atoms with van der Waals surface area (Å²) in [5, 5.41) is 4.23. The van der Waals surface area contributed by atoms with E-state index in [1.54, 1.807) is 6.33 Å². The number of aromatic nitrogens is 3. The third kappa shape index (κ3) is 2.41. The zero-order chi connectivity index (χ0) is 11.5. The van der Waals surface area contributed by atoms with Crippen molar-refractivity contribution < 1.29 is 0 Å². The van der Waals surface area contributed by atoms with Crippen LogP contribution >= 0.6 is 0 Å². The van der Waals surface area contributed by atoms with E-state index < -0.39 is 0 Å². The zero-order valence-electron chi connectivity index (χ0n) is 10.1. The smallest absolute Gasteiger partial charge is 0.141 e. The first-order valence-electron chi connectivity index (χ1n) is 6.05. The summed E-state index contributed by atoms with van der Waals surface area (Å²) >= 11 is 0. The van der Waals surface area contributed by atoms with Crippen molar-refractivity contribution in [2.24, 2.45) is 11.7 Å². The minimum absolute atomic E-state index is 0.308. The summed E-state index contributed by atoms with van der Waals surface area (Å²) in [6, 6.07) is 0.308. The summed E-state index contributed by atoms with van der Waals surface area (Å²) in [7, 11) is 0. The van der Waals surface area contributed by atoms with Crippen LogP contribution < -0.4 is 5.73 Å². The molecule has 0 aromatic carbocycles. The minimum atomic E-state index is 0.308. The first-order chi connectivity index (χ1) is 7.70. The Morgan fingerprint density at radius 3 is 2.94 bits per heavy atom. The number of hydrogen-bond donors (Lipinski definition) is 1. The highest BCUT2D eigenvalue weighted by atomic mass is 15.3. The van der Waals surface area contributed by atoms with E-state index >= 15 is 0 Å². The van der Waals surface area contributed by atoms with Crippen LogP contribution in [0, 0.1) is 5.92 Å². The fraction of sp³-hybridized carbons (Fsp3) is 0.818. The third-order valence-corrected chi connectivity index (χ3v) is 3.24. The standard InChI is InChI=1S/C11H21N5/c1-3-4-16-11(13-8-14-16)7-15-5-9(2)10(12)6-15/h8-10H,3-7,12H2,1-2H3. The Labute approximate surface area is 96.6 Å². The molecule has 5 heteroatoms. The van der Waals surface area contributed by atoms with Crippen LogP contribution in [0.4, 0.5) is 0 Å². The maximum Gasteiger partial charge on any atom is 0.141 e. The van der Waals surface area contributed by atoms with Gasteiger partial charge in [-0.2, -0.15) is 5.10 Å². The van der Waals surface area contributed by atoms with E-state index in [0.29, 0.717) is 12.0 Å². The SMILES string of the molecule is CCCn1ncnc1CN1CC(C)C(N)C1. The van der Waals surface area contributed by atoms with Gasteiger partial charge in [0.25, 0.3) is 0 Å². The van der Waals surface area contributed by atoms with E-state index in [-0.39, 0.29) is 0 Å². The van der Waals surface area contributed by atoms with Crippen molar-refractivity contribution in [1.29, 1.82) is 0 Å². The molecule has 1 fully saturated rings. The summed E-state index contributed by atoms with van der Waals surface area (Å²) in [6.07, 6.45) is 2.73. The maximum atomic E-state index is 6.01. The fourth-order valence-electron chi connectivity index (χ4n) is 2.23. The van der Waals surface area contributed by atoms with Crippen molar-refractivity contribution in [1.82, 2.24) is 19.7 Å². The number of aryl methyl sites for hydroxylation is 1. The molecule has 1 aromatic rings. The maximum absolute atomic E-state index is 6.01. The third-order valence-electron chi connectivity index (χ3n) is 3.24. The predicted molar refractivity (Wildman–Crippen MR) is 62.7 cm³/mol. The molecule has 2 atom stereocenters. The first-order valence-corrected chi connectivity index (χ1v) is 6.05. The van der Waals surface area contributed by atoms with E-state index in [4.69, 9.17) is 5.73 Å². The largest absolute Gasteiger partial charge is 0.326 e. The van der Waals surface area contributed by atoms with Gasteiger partial charge in [0.15, 0.2) is 0 Å². The number of hydrogen-bond acceptors (Lipinski definition) is 4. The molecule has 0 bridgehead atoms. The number of nitrogens with zero attached hydrogens (tertiary/aromatic N) is 4. The molecule has 0 spiro atoms. The van der Waals surface area contributed by atoms with Crippen LogP contribution in [0.5, 0.6) is 0 Å². The fourth-order valence-corrected chi connectivity index (χ4v) is 2.23. The predicted octanol–water partition coefficient (Wildman–Crippen LogP) is 0.467. The Hall–Kier alpha value is -0.940. The second-order valence-corrected chi connectivity index (χ2v) is 4.73. The minimum Gasteiger partial charge on any atom is -0.326 e. The molecular weight excluding hydrogens is 202 g/mol. The number of nitrogens with two attached hydrogens (primary N) is 1. The van der Waals surface area contributed by atoms with Crippen LogP contribution in [-0.2, 0) is 13.1 Å². The van der Waals surface area contributed by atoms with E-state index in [0.717, 1.165) is 38.4 Å². The van der Waals surface area contributed by atoms with Crippen molar-refractivity contribution >= 4 is 0 Å². The van der Waals surface area contributed by atoms with E-state index in [9.17, 15) is 0 Å². The number of likely N-dealkylation sites (tertiary alicyclic amines) is 1. The van der Waals surface area contributed by atoms with Crippen molar-refractivity contribution in [3.63, 3.8) is 0 Å². The van der Waals surface area contributed by atoms with Crippen molar-refractivity contribution in [2.75, 3.05) is 13.1 Å². The molecule has 1 aromatic heterocycles. The van der Waals surface area contributed by atoms with E-state index in [1.165, 1.54) is 0 Å². The Kier molecular flexibility index (Phi) is 3.56. The lowest BCUT2D eigenvalue weighted by Gasteiger charge is -2.14. The monoisotopic (exact) mass is 223 g/mol. The molecule has 2 rings (SSSR count). The van der Waals surface area contributed by atoms with Crippen LogP contribution in [0.3, 0.4) is 0 Å². The normalized spacial score (nSPS) is 26.4. The van der Waals surface area contributed by atoms with Gasteiger partial charge >= 0.3 is 0 Å². The van der Waals surface area contributed by atoms with Gasteiger partial charge in [-0.05, 0) is 12.3 Å². The summed E-state index contributed by atoms with van der Waals surface area (Å²) in [6.45, 7) is 8.23. The van der Waals surface area contributed by atoms with Crippen LogP contribution in [0.15, 0.2) is 6.33 Å². The second-order valence-electron chi connectivity index (χ2n) is 4.73. The lowest BCUT2D eigenvalue weighted by Crippen LogP contribution is -2.29. The Morgan fingerprint density at radius 1 is 1.50 bits per heavy atom. The van der Waals surface area contributed by atoms with Crippen molar-refractivity contribution in [3.8, 4) is 0 Å². The van der Waals surface area contributed by atoms with Gasteiger partial charge in [-0.3, -0.25) is 4.90 Å². The highest BCUT2D eigenvalue weighted by Crippen LogP contribution is 2.16. The molecule has 1 aliphatic heterocycles. The molecule has 1 aliphatic rings. The Balaban J connectivity index is 1.96. The van der Waals surface area contributed by atoms with Crippen LogP contribution in [-0.4, -0.2) is 38.8 Å². The van der Waals surface area contributed by atoms with Crippen LogP contribution in [0.1, 0.15) is 26.1 Å². The van der Waals surface area contributed by atoms with Gasteiger partial charge in [0.2, 0.25) is 0 Å². The molecule has 5 nitrogen and oxygen atoms in total. The van der Waals surface area contributed by atoms with Gasteiger partial charge < -0.3 is 5.73 Å². The van der Waals surface area contributed by atoms with Gasteiger partial charge in [-0.15, -0.1) is 0 Å². The first kappa shape index (κ1) is 11.5. The average molecular weight is 223 g/mol. The molecule has 2 N–H and O–H groups in total. The van der Waals surface area contributed by atoms with Gasteiger partial charge in [0.1, 0.15) is 12.2 Å². The second kappa shape index (κ2) is 4.93. The van der Waals surface area contributed by atoms with Crippen LogP contribution in [0.25, 0.3) is 0 Å². The van der Waals surface area contributed by atoms with Gasteiger partial charge in [0, 0.05) is 25.7 Å². The summed E-state index contributed by atoms with van der Waals surface area (Å²) in [4.78, 5) is 6.68. The zero-order valence-corrected chi connectivity index (χ0v) is 10.1. The number of rotatable bonds is 4. The summed E-state index contributed by atoms with van der Waals surface area (Å²) < 4.78 is 1.99. The average Bonchev–Trinajstić information content (AvgIpc) is 2.77. The summed E-state index contributed by atoms with van der Waals surface area (Å²) in [5.74, 6) is 1.64. The highest BCUT2D eigenvalue weighted by Gasteiger charge is 2.27. The highest BCUT2D eigenvalue weighted by molar-refractivity contribution is 4.90. The van der Waals surface area contributed by atoms with Crippen LogP contribution in [0.2, 0.25) is 0 Å². The molecule has 0 aliphatic carbocycles. The van der Waals surface area contributed by atoms with Crippen molar-refractivity contribution in [3.05, 3.63) is 12.2 Å². The van der Waals surface area contributed by atoms with Gasteiger partial charge in [-0.25, -0.2) is 9.67 Å². The molecule has 0 radical (unpaired) electrons. The van der Waals surface area contributed by atoms with Gasteiger partial charge in [-0.1, -0.05) is 13.8 Å². The van der Waals surface area contributed by atoms with Crippen molar-refractivity contribution in [2.45, 2.75) is 39.4 Å². The Morgan fingerprint density at radius 2 is 2.31 bits per heavy atom. The molecule has 0 amide bonds.